The quantitative estimate of drug-likeness (QED) is 0.381. The molecule has 0 aliphatic carbocycles. The third-order valence-electron chi connectivity index (χ3n) is 1.67. The highest BCUT2D eigenvalue weighted by Crippen LogP contribution is 2.16. The van der Waals surface area contributed by atoms with Crippen LogP contribution in [0.4, 0.5) is 0 Å². The maximum atomic E-state index is 10.9. The average Bonchev–Trinajstić information content (AvgIpc) is 1.82. The van der Waals surface area contributed by atoms with Crippen molar-refractivity contribution in [2.75, 3.05) is 7.05 Å². The van der Waals surface area contributed by atoms with E-state index in [1.807, 2.05) is 0 Å². The van der Waals surface area contributed by atoms with Crippen LogP contribution in [0, 0.1) is 20.3 Å². The highest BCUT2D eigenvalue weighted by molar-refractivity contribution is 5.97. The topological polar surface area (TPSA) is 37.4 Å². The molecule has 1 saturated heterocycles. The van der Waals surface area contributed by atoms with Gasteiger partial charge in [-0.05, 0) is 0 Å². The molecule has 0 bridgehead atoms. The molecule has 0 aromatic rings. The zero-order valence-electron chi connectivity index (χ0n) is 6.96. The number of hydrogen-bond donors (Lipinski definition) is 0. The van der Waals surface area contributed by atoms with Gasteiger partial charge < -0.3 is 6.92 Å². The van der Waals surface area contributed by atoms with Crippen molar-refractivity contribution in [3.05, 3.63) is 14.4 Å². The third-order valence-corrected chi connectivity index (χ3v) is 1.67. The van der Waals surface area contributed by atoms with E-state index in [2.05, 4.69) is 6.92 Å². The van der Waals surface area contributed by atoms with Crippen molar-refractivity contribution in [2.24, 2.45) is 5.92 Å². The zero-order valence-corrected chi connectivity index (χ0v) is 6.96. The lowest BCUT2D eigenvalue weighted by atomic mass is 9.98. The van der Waals surface area contributed by atoms with E-state index in [0.717, 1.165) is 0 Å². The molecule has 3 heteroatoms. The first kappa shape index (κ1) is 10.0. The predicted octanol–water partition coefficient (Wildman–Crippen LogP) is 0.666. The second-order valence-electron chi connectivity index (χ2n) is 2.62. The smallest absolute Gasteiger partial charge is 0.226 e. The van der Waals surface area contributed by atoms with Crippen LogP contribution in [0.2, 0.25) is 0 Å². The largest absolute Gasteiger partial charge is 0.339 e. The van der Waals surface area contributed by atoms with E-state index in [9.17, 15) is 9.59 Å². The van der Waals surface area contributed by atoms with Crippen LogP contribution in [0.1, 0.15) is 12.8 Å². The van der Waals surface area contributed by atoms with Gasteiger partial charge in [0.1, 0.15) is 0 Å². The SMILES string of the molecule is [CH2-]C1CC(=O)N(C)C(=O)C1.[CH3+]. The molecular weight excluding hydrogens is 142 g/mol. The fraction of sp³-hybridized carbons (Fsp3) is 0.500. The van der Waals surface area contributed by atoms with Gasteiger partial charge in [0.05, 0.1) is 0 Å². The number of carbonyl (C=O) groups excluding carboxylic acids is 2. The molecule has 1 aliphatic heterocycles. The fourth-order valence-corrected chi connectivity index (χ4v) is 0.979. The first-order valence-corrected chi connectivity index (χ1v) is 3.23. The Bertz CT molecular complexity index is 159. The Hall–Kier alpha value is -0.990. The van der Waals surface area contributed by atoms with Crippen molar-refractivity contribution < 1.29 is 9.59 Å². The van der Waals surface area contributed by atoms with Gasteiger partial charge in [-0.2, -0.15) is 5.92 Å². The Balaban J connectivity index is 0.000001000. The van der Waals surface area contributed by atoms with Crippen molar-refractivity contribution in [3.63, 3.8) is 0 Å². The standard InChI is InChI=1S/C7H10NO2.CH3/c1-5-3-6(9)8(2)7(10)4-5;/h5H,1,3-4H2,2H3;1H3/q-1;+1. The summed E-state index contributed by atoms with van der Waals surface area (Å²) in [5.74, 6) is -0.247. The summed E-state index contributed by atoms with van der Waals surface area (Å²) in [5, 5.41) is 0. The molecular formula is C8H13NO2. The summed E-state index contributed by atoms with van der Waals surface area (Å²) in [5.41, 5.74) is 0. The van der Waals surface area contributed by atoms with Gasteiger partial charge in [0, 0.05) is 27.3 Å². The Kier molecular flexibility index (Phi) is 3.11. The molecule has 2 amide bonds. The van der Waals surface area contributed by atoms with Gasteiger partial charge in [-0.1, -0.05) is 0 Å². The zero-order chi connectivity index (χ0) is 7.72. The predicted molar refractivity (Wildman–Crippen MR) is 42.3 cm³/mol. The number of hydrogen-bond acceptors (Lipinski definition) is 2. The molecule has 0 aromatic heterocycles. The molecule has 0 atom stereocenters. The van der Waals surface area contributed by atoms with Gasteiger partial charge in [0.15, 0.2) is 0 Å². The normalized spacial score (nSPS) is 20.0. The Morgan fingerprint density at radius 1 is 1.36 bits per heavy atom. The second-order valence-corrected chi connectivity index (χ2v) is 2.62. The van der Waals surface area contributed by atoms with Crippen LogP contribution in [0.25, 0.3) is 0 Å². The maximum Gasteiger partial charge on any atom is 0.226 e. The second kappa shape index (κ2) is 3.42. The van der Waals surface area contributed by atoms with Crippen LogP contribution in [-0.4, -0.2) is 23.8 Å². The third kappa shape index (κ3) is 1.97. The average molecular weight is 155 g/mol. The number of carbonyl (C=O) groups is 2. The van der Waals surface area contributed by atoms with E-state index in [-0.39, 0.29) is 25.2 Å². The molecule has 0 N–H and O–H groups in total. The minimum Gasteiger partial charge on any atom is -0.339 e. The summed E-state index contributed by atoms with van der Waals surface area (Å²) in [6, 6.07) is 0. The van der Waals surface area contributed by atoms with Crippen LogP contribution in [0.5, 0.6) is 0 Å². The van der Waals surface area contributed by atoms with Crippen LogP contribution >= 0.6 is 0 Å². The molecule has 62 valence electrons. The number of imide groups is 1. The van der Waals surface area contributed by atoms with E-state index >= 15 is 0 Å². The van der Waals surface area contributed by atoms with Gasteiger partial charge in [0.25, 0.3) is 0 Å². The molecule has 11 heavy (non-hydrogen) atoms. The van der Waals surface area contributed by atoms with Crippen molar-refractivity contribution in [1.29, 1.82) is 0 Å². The summed E-state index contributed by atoms with van der Waals surface area (Å²) in [6.07, 6.45) is 0.810. The van der Waals surface area contributed by atoms with E-state index in [0.29, 0.717) is 12.8 Å². The summed E-state index contributed by atoms with van der Waals surface area (Å²) in [6.45, 7) is 3.66. The molecule has 0 spiro atoms. The fourth-order valence-electron chi connectivity index (χ4n) is 0.979. The van der Waals surface area contributed by atoms with E-state index < -0.39 is 0 Å². The molecule has 1 heterocycles. The minimum atomic E-state index is -0.115. The molecule has 0 saturated carbocycles. The number of nitrogens with zero attached hydrogens (tertiary/aromatic N) is 1. The summed E-state index contributed by atoms with van der Waals surface area (Å²) in [7, 11) is 1.51. The van der Waals surface area contributed by atoms with Crippen LogP contribution < -0.4 is 0 Å². The Morgan fingerprint density at radius 3 is 2.09 bits per heavy atom. The van der Waals surface area contributed by atoms with E-state index in [1.54, 1.807) is 0 Å². The van der Waals surface area contributed by atoms with Crippen LogP contribution in [0.3, 0.4) is 0 Å². The van der Waals surface area contributed by atoms with Crippen molar-refractivity contribution in [2.45, 2.75) is 12.8 Å². The lowest BCUT2D eigenvalue weighted by Crippen LogP contribution is -2.39. The monoisotopic (exact) mass is 155 g/mol. The summed E-state index contributed by atoms with van der Waals surface area (Å²) in [4.78, 5) is 22.9. The molecule has 0 unspecified atom stereocenters. The lowest BCUT2D eigenvalue weighted by Gasteiger charge is -2.27. The molecule has 1 rings (SSSR count). The van der Waals surface area contributed by atoms with Gasteiger partial charge in [-0.15, -0.1) is 0 Å². The number of rotatable bonds is 0. The Labute approximate surface area is 67.4 Å². The number of piperidine rings is 1. The highest BCUT2D eigenvalue weighted by Gasteiger charge is 2.23. The Morgan fingerprint density at radius 2 is 1.73 bits per heavy atom. The number of amides is 2. The van der Waals surface area contributed by atoms with Gasteiger partial charge in [0.2, 0.25) is 11.8 Å². The van der Waals surface area contributed by atoms with Gasteiger partial charge >= 0.3 is 0 Å². The maximum absolute atomic E-state index is 10.9. The molecule has 1 fully saturated rings. The first-order valence-electron chi connectivity index (χ1n) is 3.23. The molecule has 0 aromatic carbocycles. The van der Waals surface area contributed by atoms with Gasteiger partial charge in [-0.25, -0.2) is 0 Å². The first-order chi connectivity index (χ1) is 4.61. The van der Waals surface area contributed by atoms with Crippen molar-refractivity contribution >= 4 is 11.8 Å². The van der Waals surface area contributed by atoms with Crippen molar-refractivity contribution in [3.8, 4) is 0 Å². The molecule has 0 radical (unpaired) electrons. The summed E-state index contributed by atoms with van der Waals surface area (Å²) >= 11 is 0. The lowest BCUT2D eigenvalue weighted by molar-refractivity contribution is -0.147. The number of likely N-dealkylation sites (tertiary alicyclic amines) is 1. The molecule has 1 aliphatic rings. The van der Waals surface area contributed by atoms with Crippen LogP contribution in [-0.2, 0) is 9.59 Å². The molecule has 3 nitrogen and oxygen atoms in total. The van der Waals surface area contributed by atoms with Crippen molar-refractivity contribution in [1.82, 2.24) is 4.90 Å². The van der Waals surface area contributed by atoms with Gasteiger partial charge in [-0.3, -0.25) is 14.5 Å². The van der Waals surface area contributed by atoms with E-state index in [1.165, 1.54) is 11.9 Å². The van der Waals surface area contributed by atoms with Crippen LogP contribution in [0.15, 0.2) is 0 Å². The summed E-state index contributed by atoms with van der Waals surface area (Å²) < 4.78 is 0. The van der Waals surface area contributed by atoms with E-state index in [4.69, 9.17) is 0 Å². The highest BCUT2D eigenvalue weighted by atomic mass is 16.2. The minimum absolute atomic E-state index is 0.